The second-order valence-corrected chi connectivity index (χ2v) is 6.01. The first kappa shape index (κ1) is 18.5. The van der Waals surface area contributed by atoms with Crippen molar-refractivity contribution >= 4 is 5.71 Å². The maximum absolute atomic E-state index is 4.61. The highest BCUT2D eigenvalue weighted by molar-refractivity contribution is 6.02. The van der Waals surface area contributed by atoms with Crippen molar-refractivity contribution in [2.45, 2.75) is 79.1 Å². The summed E-state index contributed by atoms with van der Waals surface area (Å²) in [6.45, 7) is 8.81. The lowest BCUT2D eigenvalue weighted by Crippen LogP contribution is -2.04. The number of hydrogen-bond donors (Lipinski definition) is 0. The normalized spacial score (nSPS) is 11.2. The van der Waals surface area contributed by atoms with Crippen LogP contribution < -0.4 is 0 Å². The van der Waals surface area contributed by atoms with Crippen LogP contribution in [0.25, 0.3) is 0 Å². The van der Waals surface area contributed by atoms with Crippen molar-refractivity contribution in [2.75, 3.05) is 0 Å². The van der Waals surface area contributed by atoms with Gasteiger partial charge in [-0.25, -0.2) is 4.99 Å². The molecule has 1 nitrogen and oxygen atoms in total. The third kappa shape index (κ3) is 6.48. The minimum Gasteiger partial charge on any atom is -0.202 e. The summed E-state index contributed by atoms with van der Waals surface area (Å²) in [4.78, 5) is 4.61. The van der Waals surface area contributed by atoms with Crippen LogP contribution >= 0.6 is 0 Å². The fourth-order valence-electron chi connectivity index (χ4n) is 2.46. The summed E-state index contributed by atoms with van der Waals surface area (Å²) >= 11 is 0. The molecule has 0 amide bonds. The Morgan fingerprint density at radius 2 is 1.77 bits per heavy atom. The van der Waals surface area contributed by atoms with Gasteiger partial charge >= 0.3 is 0 Å². The Kier molecular flexibility index (Phi) is 9.31. The van der Waals surface area contributed by atoms with Crippen molar-refractivity contribution in [3.05, 3.63) is 34.9 Å². The molecule has 0 spiro atoms. The Labute approximate surface area is 137 Å². The number of hydrogen-bond acceptors (Lipinski definition) is 1. The molecule has 0 aromatic heterocycles. The van der Waals surface area contributed by atoms with E-state index in [1.807, 2.05) is 0 Å². The van der Waals surface area contributed by atoms with Gasteiger partial charge in [0, 0.05) is 12.5 Å². The molecule has 1 aromatic carbocycles. The van der Waals surface area contributed by atoms with Gasteiger partial charge in [-0.2, -0.15) is 0 Å². The quantitative estimate of drug-likeness (QED) is 0.307. The molecule has 0 unspecified atom stereocenters. The molecular weight excluding hydrogens is 266 g/mol. The van der Waals surface area contributed by atoms with E-state index < -0.39 is 0 Å². The van der Waals surface area contributed by atoms with E-state index in [1.54, 1.807) is 0 Å². The van der Waals surface area contributed by atoms with E-state index in [1.165, 1.54) is 55.2 Å². The SMILES string of the molecule is CCCCCCC#CN=C(CCCC)c1cccc(C)c1C. The number of benzene rings is 1. The lowest BCUT2D eigenvalue weighted by molar-refractivity contribution is 0.679. The van der Waals surface area contributed by atoms with Crippen LogP contribution in [0.15, 0.2) is 23.2 Å². The van der Waals surface area contributed by atoms with Crippen LogP contribution in [0.3, 0.4) is 0 Å². The minimum absolute atomic E-state index is 0.970. The molecule has 0 aliphatic heterocycles. The van der Waals surface area contributed by atoms with Crippen molar-refractivity contribution in [1.82, 2.24) is 0 Å². The monoisotopic (exact) mass is 297 g/mol. The van der Waals surface area contributed by atoms with Gasteiger partial charge in [0.1, 0.15) is 0 Å². The molecule has 0 radical (unpaired) electrons. The summed E-state index contributed by atoms with van der Waals surface area (Å²) in [5.41, 5.74) is 5.09. The Hall–Kier alpha value is -1.55. The van der Waals surface area contributed by atoms with Gasteiger partial charge in [-0.1, -0.05) is 63.7 Å². The number of aliphatic imine (C=N–C) groups is 1. The molecule has 0 bridgehead atoms. The van der Waals surface area contributed by atoms with Crippen molar-refractivity contribution < 1.29 is 0 Å². The highest BCUT2D eigenvalue weighted by Gasteiger charge is 2.07. The average Bonchev–Trinajstić information content (AvgIpc) is 2.52. The number of unbranched alkanes of at least 4 members (excludes halogenated alkanes) is 5. The summed E-state index contributed by atoms with van der Waals surface area (Å²) in [5, 5.41) is 0. The zero-order valence-corrected chi connectivity index (χ0v) is 14.8. The van der Waals surface area contributed by atoms with Crippen LogP contribution in [-0.4, -0.2) is 5.71 Å². The molecule has 0 heterocycles. The largest absolute Gasteiger partial charge is 0.202 e. The zero-order valence-electron chi connectivity index (χ0n) is 14.8. The summed E-state index contributed by atoms with van der Waals surface area (Å²) < 4.78 is 0. The van der Waals surface area contributed by atoms with E-state index in [0.29, 0.717) is 0 Å². The van der Waals surface area contributed by atoms with E-state index in [4.69, 9.17) is 0 Å². The Balaban J connectivity index is 2.78. The smallest absolute Gasteiger partial charge is 0.0585 e. The summed E-state index contributed by atoms with van der Waals surface area (Å²) in [6.07, 6.45) is 9.43. The molecule has 1 heteroatoms. The van der Waals surface area contributed by atoms with Gasteiger partial charge in [-0.15, -0.1) is 0 Å². The van der Waals surface area contributed by atoms with Crippen LogP contribution in [0.2, 0.25) is 0 Å². The molecule has 0 atom stereocenters. The molecule has 0 saturated heterocycles. The van der Waals surface area contributed by atoms with Gasteiger partial charge in [0.15, 0.2) is 0 Å². The predicted molar refractivity (Wildman–Crippen MR) is 98.5 cm³/mol. The number of aryl methyl sites for hydroxylation is 1. The van der Waals surface area contributed by atoms with Crippen LogP contribution in [0.1, 0.15) is 81.9 Å². The summed E-state index contributed by atoms with van der Waals surface area (Å²) in [7, 11) is 0. The molecule has 0 fully saturated rings. The van der Waals surface area contributed by atoms with Crippen molar-refractivity contribution in [3.63, 3.8) is 0 Å². The topological polar surface area (TPSA) is 12.4 Å². The molecule has 1 aromatic rings. The Morgan fingerprint density at radius 1 is 1.00 bits per heavy atom. The van der Waals surface area contributed by atoms with Crippen LogP contribution in [-0.2, 0) is 0 Å². The van der Waals surface area contributed by atoms with E-state index in [9.17, 15) is 0 Å². The molecule has 0 N–H and O–H groups in total. The molecular formula is C21H31N. The first-order valence-corrected chi connectivity index (χ1v) is 8.81. The Bertz CT molecular complexity index is 529. The van der Waals surface area contributed by atoms with Crippen LogP contribution in [0, 0.1) is 25.8 Å². The zero-order chi connectivity index (χ0) is 16.2. The number of nitrogens with zero attached hydrogens (tertiary/aromatic N) is 1. The fourth-order valence-corrected chi connectivity index (χ4v) is 2.46. The van der Waals surface area contributed by atoms with Crippen molar-refractivity contribution in [2.24, 2.45) is 4.99 Å². The Morgan fingerprint density at radius 3 is 2.50 bits per heavy atom. The van der Waals surface area contributed by atoms with Gasteiger partial charge in [-0.05, 0) is 49.8 Å². The van der Waals surface area contributed by atoms with E-state index in [0.717, 1.165) is 18.6 Å². The lowest BCUT2D eigenvalue weighted by atomic mass is 9.97. The highest BCUT2D eigenvalue weighted by Crippen LogP contribution is 2.16. The molecule has 0 saturated carbocycles. The molecule has 0 aliphatic carbocycles. The molecule has 0 aliphatic rings. The maximum Gasteiger partial charge on any atom is 0.0585 e. The maximum atomic E-state index is 4.61. The summed E-state index contributed by atoms with van der Waals surface area (Å²) in [5.74, 6) is 3.22. The van der Waals surface area contributed by atoms with Crippen LogP contribution in [0.4, 0.5) is 0 Å². The van der Waals surface area contributed by atoms with E-state index in [-0.39, 0.29) is 0 Å². The highest BCUT2D eigenvalue weighted by atomic mass is 14.7. The van der Waals surface area contributed by atoms with Crippen molar-refractivity contribution in [3.8, 4) is 12.0 Å². The van der Waals surface area contributed by atoms with Crippen LogP contribution in [0.5, 0.6) is 0 Å². The van der Waals surface area contributed by atoms with Gasteiger partial charge in [0.05, 0.1) is 5.71 Å². The molecule has 22 heavy (non-hydrogen) atoms. The predicted octanol–water partition coefficient (Wildman–Crippen LogP) is 6.21. The van der Waals surface area contributed by atoms with Gasteiger partial charge in [0.2, 0.25) is 0 Å². The molecule has 1 rings (SSSR count). The first-order valence-electron chi connectivity index (χ1n) is 8.81. The second-order valence-electron chi connectivity index (χ2n) is 6.01. The second kappa shape index (κ2) is 11.1. The minimum atomic E-state index is 0.970. The first-order chi connectivity index (χ1) is 10.7. The standard InChI is InChI=1S/C21H31N/c1-5-7-9-10-11-12-17-22-21(16-8-6-2)20-15-13-14-18(3)19(20)4/h13-15H,5-11,16H2,1-4H3. The average molecular weight is 297 g/mol. The number of rotatable bonds is 8. The van der Waals surface area contributed by atoms with Gasteiger partial charge < -0.3 is 0 Å². The fraction of sp³-hybridized carbons (Fsp3) is 0.571. The van der Waals surface area contributed by atoms with Gasteiger partial charge in [-0.3, -0.25) is 0 Å². The van der Waals surface area contributed by atoms with E-state index >= 15 is 0 Å². The third-order valence-corrected chi connectivity index (χ3v) is 4.11. The summed E-state index contributed by atoms with van der Waals surface area (Å²) in [6, 6.07) is 9.52. The third-order valence-electron chi connectivity index (χ3n) is 4.11. The van der Waals surface area contributed by atoms with Gasteiger partial charge in [0.25, 0.3) is 0 Å². The lowest BCUT2D eigenvalue weighted by Gasteiger charge is -2.10. The van der Waals surface area contributed by atoms with E-state index in [2.05, 4.69) is 62.9 Å². The van der Waals surface area contributed by atoms with Crippen molar-refractivity contribution in [1.29, 1.82) is 0 Å². The molecule has 120 valence electrons.